The van der Waals surface area contributed by atoms with Crippen molar-refractivity contribution in [2.75, 3.05) is 19.7 Å². The third-order valence-corrected chi connectivity index (χ3v) is 5.25. The van der Waals surface area contributed by atoms with Gasteiger partial charge in [-0.1, -0.05) is 18.2 Å². The first-order chi connectivity index (χ1) is 14.6. The van der Waals surface area contributed by atoms with Crippen molar-refractivity contribution in [3.63, 3.8) is 0 Å². The Balaban J connectivity index is 1.67. The average molecular weight is 407 g/mol. The predicted octanol–water partition coefficient (Wildman–Crippen LogP) is 3.86. The van der Waals surface area contributed by atoms with Gasteiger partial charge in [0.05, 0.1) is 18.2 Å². The number of benzene rings is 1. The molecule has 0 aliphatic carbocycles. The molecule has 7 heteroatoms. The SMILES string of the molecule is CCOC(=O)C1CCCN(C(=O)c2cc(-c3ccc(C)o3)nn2-c2ccccc2)C1. The van der Waals surface area contributed by atoms with Crippen molar-refractivity contribution < 1.29 is 18.7 Å². The normalized spacial score (nSPS) is 16.5. The molecule has 3 heterocycles. The summed E-state index contributed by atoms with van der Waals surface area (Å²) < 4.78 is 12.5. The van der Waals surface area contributed by atoms with Crippen LogP contribution in [0.5, 0.6) is 0 Å². The van der Waals surface area contributed by atoms with Crippen LogP contribution in [0.4, 0.5) is 0 Å². The third-order valence-electron chi connectivity index (χ3n) is 5.25. The molecule has 1 fully saturated rings. The number of carbonyl (C=O) groups is 2. The summed E-state index contributed by atoms with van der Waals surface area (Å²) >= 11 is 0. The smallest absolute Gasteiger partial charge is 0.310 e. The van der Waals surface area contributed by atoms with Crippen LogP contribution >= 0.6 is 0 Å². The first kappa shape index (κ1) is 19.9. The van der Waals surface area contributed by atoms with E-state index in [1.54, 1.807) is 22.6 Å². The molecular formula is C23H25N3O4. The maximum Gasteiger partial charge on any atom is 0.310 e. The molecule has 1 amide bonds. The van der Waals surface area contributed by atoms with Crippen LogP contribution < -0.4 is 0 Å². The molecule has 156 valence electrons. The highest BCUT2D eigenvalue weighted by Gasteiger charge is 2.31. The Morgan fingerprint density at radius 3 is 2.70 bits per heavy atom. The zero-order chi connectivity index (χ0) is 21.1. The number of furan rings is 1. The minimum absolute atomic E-state index is 0.158. The van der Waals surface area contributed by atoms with Crippen molar-refractivity contribution in [3.8, 4) is 17.1 Å². The third kappa shape index (κ3) is 4.01. The molecule has 1 aliphatic heterocycles. The molecule has 3 aromatic rings. The van der Waals surface area contributed by atoms with Crippen LogP contribution in [-0.2, 0) is 9.53 Å². The van der Waals surface area contributed by atoms with Crippen molar-refractivity contribution in [2.24, 2.45) is 5.92 Å². The molecule has 0 N–H and O–H groups in total. The number of piperidine rings is 1. The van der Waals surface area contributed by atoms with Crippen molar-refractivity contribution in [1.29, 1.82) is 0 Å². The van der Waals surface area contributed by atoms with Crippen molar-refractivity contribution >= 4 is 11.9 Å². The zero-order valence-electron chi connectivity index (χ0n) is 17.2. The molecule has 1 saturated heterocycles. The molecule has 4 rings (SSSR count). The number of rotatable bonds is 5. The summed E-state index contributed by atoms with van der Waals surface area (Å²) in [5.41, 5.74) is 1.82. The van der Waals surface area contributed by atoms with Gasteiger partial charge in [-0.15, -0.1) is 0 Å². The molecule has 0 saturated carbocycles. The number of carbonyl (C=O) groups excluding carboxylic acids is 2. The van der Waals surface area contributed by atoms with Crippen molar-refractivity contribution in [3.05, 3.63) is 60.0 Å². The summed E-state index contributed by atoms with van der Waals surface area (Å²) in [5.74, 6) is 0.704. The molecule has 0 radical (unpaired) electrons. The van der Waals surface area contributed by atoms with Crippen LogP contribution in [0.15, 0.2) is 52.9 Å². The van der Waals surface area contributed by atoms with Gasteiger partial charge < -0.3 is 14.1 Å². The Morgan fingerprint density at radius 2 is 2.00 bits per heavy atom. The number of para-hydroxylation sites is 1. The van der Waals surface area contributed by atoms with E-state index in [0.717, 1.165) is 24.3 Å². The summed E-state index contributed by atoms with van der Waals surface area (Å²) in [6, 6.07) is 15.0. The summed E-state index contributed by atoms with van der Waals surface area (Å²) in [4.78, 5) is 27.4. The highest BCUT2D eigenvalue weighted by molar-refractivity contribution is 5.94. The lowest BCUT2D eigenvalue weighted by Crippen LogP contribution is -2.43. The Labute approximate surface area is 175 Å². The number of nitrogens with zero attached hydrogens (tertiary/aromatic N) is 3. The summed E-state index contributed by atoms with van der Waals surface area (Å²) in [6.07, 6.45) is 1.50. The number of hydrogen-bond donors (Lipinski definition) is 0. The Morgan fingerprint density at radius 1 is 1.20 bits per heavy atom. The molecule has 7 nitrogen and oxygen atoms in total. The van der Waals surface area contributed by atoms with E-state index in [1.165, 1.54) is 0 Å². The molecule has 1 aliphatic rings. The van der Waals surface area contributed by atoms with Gasteiger partial charge in [-0.05, 0) is 51.0 Å². The van der Waals surface area contributed by atoms with Gasteiger partial charge in [-0.2, -0.15) is 5.10 Å². The van der Waals surface area contributed by atoms with E-state index in [1.807, 2.05) is 49.4 Å². The van der Waals surface area contributed by atoms with Gasteiger partial charge in [0.15, 0.2) is 5.76 Å². The fourth-order valence-corrected chi connectivity index (χ4v) is 3.77. The van der Waals surface area contributed by atoms with Crippen LogP contribution in [0.2, 0.25) is 0 Å². The monoisotopic (exact) mass is 407 g/mol. The van der Waals surface area contributed by atoms with E-state index in [0.29, 0.717) is 36.8 Å². The van der Waals surface area contributed by atoms with E-state index >= 15 is 0 Å². The number of ether oxygens (including phenoxy) is 1. The van der Waals surface area contributed by atoms with Gasteiger partial charge in [0, 0.05) is 19.2 Å². The van der Waals surface area contributed by atoms with Crippen LogP contribution in [0, 0.1) is 12.8 Å². The first-order valence-electron chi connectivity index (χ1n) is 10.2. The minimum Gasteiger partial charge on any atom is -0.466 e. The lowest BCUT2D eigenvalue weighted by Gasteiger charge is -2.31. The maximum atomic E-state index is 13.5. The number of hydrogen-bond acceptors (Lipinski definition) is 5. The number of aryl methyl sites for hydroxylation is 1. The topological polar surface area (TPSA) is 77.6 Å². The molecule has 0 spiro atoms. The average Bonchev–Trinajstić information content (AvgIpc) is 3.41. The number of aromatic nitrogens is 2. The molecule has 1 atom stereocenters. The van der Waals surface area contributed by atoms with Crippen LogP contribution in [-0.4, -0.2) is 46.3 Å². The van der Waals surface area contributed by atoms with Crippen molar-refractivity contribution in [2.45, 2.75) is 26.7 Å². The second kappa shape index (κ2) is 8.57. The van der Waals surface area contributed by atoms with Gasteiger partial charge in [0.2, 0.25) is 0 Å². The largest absolute Gasteiger partial charge is 0.466 e. The summed E-state index contributed by atoms with van der Waals surface area (Å²) in [5, 5.41) is 4.65. The van der Waals surface area contributed by atoms with Crippen LogP contribution in [0.1, 0.15) is 36.0 Å². The quantitative estimate of drug-likeness (QED) is 0.600. The lowest BCUT2D eigenvalue weighted by molar-refractivity contribution is -0.149. The van der Waals surface area contributed by atoms with Gasteiger partial charge in [-0.25, -0.2) is 4.68 Å². The fraction of sp³-hybridized carbons (Fsp3) is 0.348. The van der Waals surface area contributed by atoms with E-state index in [4.69, 9.17) is 9.15 Å². The van der Waals surface area contributed by atoms with E-state index in [9.17, 15) is 9.59 Å². The van der Waals surface area contributed by atoms with E-state index in [-0.39, 0.29) is 17.8 Å². The molecule has 0 bridgehead atoms. The highest BCUT2D eigenvalue weighted by atomic mass is 16.5. The summed E-state index contributed by atoms with van der Waals surface area (Å²) in [6.45, 7) is 4.96. The Hall–Kier alpha value is -3.35. The van der Waals surface area contributed by atoms with Crippen LogP contribution in [0.25, 0.3) is 17.1 Å². The minimum atomic E-state index is -0.289. The zero-order valence-corrected chi connectivity index (χ0v) is 17.2. The van der Waals surface area contributed by atoms with Gasteiger partial charge in [0.1, 0.15) is 17.1 Å². The van der Waals surface area contributed by atoms with Gasteiger partial charge >= 0.3 is 5.97 Å². The second-order valence-electron chi connectivity index (χ2n) is 7.41. The molecule has 1 aromatic carbocycles. The fourth-order valence-electron chi connectivity index (χ4n) is 3.77. The molecule has 1 unspecified atom stereocenters. The Bertz CT molecular complexity index is 1040. The summed E-state index contributed by atoms with van der Waals surface area (Å²) in [7, 11) is 0. The Kier molecular flexibility index (Phi) is 5.70. The predicted molar refractivity (Wildman–Crippen MR) is 111 cm³/mol. The van der Waals surface area contributed by atoms with Crippen LogP contribution in [0.3, 0.4) is 0 Å². The second-order valence-corrected chi connectivity index (χ2v) is 7.41. The van der Waals surface area contributed by atoms with E-state index < -0.39 is 0 Å². The van der Waals surface area contributed by atoms with E-state index in [2.05, 4.69) is 5.10 Å². The van der Waals surface area contributed by atoms with Crippen molar-refractivity contribution in [1.82, 2.24) is 14.7 Å². The molecule has 30 heavy (non-hydrogen) atoms. The highest BCUT2D eigenvalue weighted by Crippen LogP contribution is 2.26. The molecular weight excluding hydrogens is 382 g/mol. The molecule has 2 aromatic heterocycles. The first-order valence-corrected chi connectivity index (χ1v) is 10.2. The van der Waals surface area contributed by atoms with Gasteiger partial charge in [0.25, 0.3) is 5.91 Å². The number of likely N-dealkylation sites (tertiary alicyclic amines) is 1. The van der Waals surface area contributed by atoms with Gasteiger partial charge in [-0.3, -0.25) is 9.59 Å². The standard InChI is InChI=1S/C23H25N3O4/c1-3-29-23(28)17-8-7-13-25(15-17)22(27)20-14-19(21-12-11-16(2)30-21)24-26(20)18-9-5-4-6-10-18/h4-6,9-12,14,17H,3,7-8,13,15H2,1-2H3. The maximum absolute atomic E-state index is 13.5. The number of amides is 1. The number of esters is 1. The lowest BCUT2D eigenvalue weighted by atomic mass is 9.98.